The van der Waals surface area contributed by atoms with E-state index in [9.17, 15) is 9.59 Å². The Hall–Kier alpha value is -3.53. The number of aromatic nitrogens is 5. The van der Waals surface area contributed by atoms with Gasteiger partial charge in [-0.1, -0.05) is 6.07 Å². The highest BCUT2D eigenvalue weighted by molar-refractivity contribution is 7.13. The second-order valence-electron chi connectivity index (χ2n) is 7.11. The second kappa shape index (κ2) is 7.38. The maximum Gasteiger partial charge on any atom is 0.272 e. The molecule has 0 unspecified atom stereocenters. The summed E-state index contributed by atoms with van der Waals surface area (Å²) in [5, 5.41) is 10.9. The number of hydrogen-bond acceptors (Lipinski definition) is 6. The molecule has 0 bridgehead atoms. The van der Waals surface area contributed by atoms with Gasteiger partial charge in [-0.15, -0.1) is 11.3 Å². The third-order valence-electron chi connectivity index (χ3n) is 5.19. The molecule has 9 nitrogen and oxygen atoms in total. The van der Waals surface area contributed by atoms with Crippen LogP contribution in [0.4, 0.5) is 0 Å². The summed E-state index contributed by atoms with van der Waals surface area (Å²) in [6.07, 6.45) is 5.86. The molecule has 5 rings (SSSR count). The van der Waals surface area contributed by atoms with Gasteiger partial charge in [-0.25, -0.2) is 9.97 Å². The van der Waals surface area contributed by atoms with E-state index in [4.69, 9.17) is 0 Å². The highest BCUT2D eigenvalue weighted by Gasteiger charge is 2.28. The highest BCUT2D eigenvalue weighted by Crippen LogP contribution is 2.23. The third kappa shape index (κ3) is 3.24. The number of fused-ring (bicyclic) bond motifs is 2. The van der Waals surface area contributed by atoms with Crippen molar-refractivity contribution < 1.29 is 9.59 Å². The predicted octanol–water partition coefficient (Wildman–Crippen LogP) is 1.95. The number of imidazole rings is 1. The number of H-pyrrole nitrogens is 1. The van der Waals surface area contributed by atoms with Crippen LogP contribution in [0.25, 0.3) is 5.65 Å². The Morgan fingerprint density at radius 1 is 1.27 bits per heavy atom. The Morgan fingerprint density at radius 3 is 3.00 bits per heavy atom. The maximum atomic E-state index is 12.7. The van der Waals surface area contributed by atoms with Crippen LogP contribution in [-0.4, -0.2) is 47.8 Å². The van der Waals surface area contributed by atoms with Crippen molar-refractivity contribution in [2.24, 2.45) is 0 Å². The van der Waals surface area contributed by atoms with Gasteiger partial charge in [-0.3, -0.25) is 14.7 Å². The van der Waals surface area contributed by atoms with Gasteiger partial charge in [-0.2, -0.15) is 5.10 Å². The molecule has 4 aromatic heterocycles. The van der Waals surface area contributed by atoms with Crippen molar-refractivity contribution in [2.75, 3.05) is 6.54 Å². The Bertz CT molecular complexity index is 1260. The molecule has 0 spiro atoms. The molecule has 0 saturated carbocycles. The molecule has 2 N–H and O–H groups in total. The Kier molecular flexibility index (Phi) is 4.55. The molecule has 0 atom stereocenters. The van der Waals surface area contributed by atoms with Crippen LogP contribution in [0.2, 0.25) is 0 Å². The molecule has 0 radical (unpaired) electrons. The first-order valence-corrected chi connectivity index (χ1v) is 10.4. The quantitative estimate of drug-likeness (QED) is 0.524. The number of pyridine rings is 1. The summed E-state index contributed by atoms with van der Waals surface area (Å²) in [5.41, 5.74) is 3.78. The summed E-state index contributed by atoms with van der Waals surface area (Å²) in [7, 11) is 0. The number of rotatable bonds is 4. The molecule has 4 aromatic rings. The number of carbonyl (C=O) groups is 2. The van der Waals surface area contributed by atoms with E-state index >= 15 is 0 Å². The lowest BCUT2D eigenvalue weighted by Gasteiger charge is -2.26. The summed E-state index contributed by atoms with van der Waals surface area (Å²) >= 11 is 1.39. The minimum Gasteiger partial charge on any atom is -0.345 e. The van der Waals surface area contributed by atoms with Crippen molar-refractivity contribution in [3.63, 3.8) is 0 Å². The van der Waals surface area contributed by atoms with Crippen LogP contribution >= 0.6 is 11.3 Å². The number of nitrogens with one attached hydrogen (secondary N) is 2. The van der Waals surface area contributed by atoms with Crippen molar-refractivity contribution in [1.82, 2.24) is 34.8 Å². The smallest absolute Gasteiger partial charge is 0.272 e. The van der Waals surface area contributed by atoms with E-state index in [-0.39, 0.29) is 11.8 Å². The van der Waals surface area contributed by atoms with Gasteiger partial charge in [0.15, 0.2) is 5.69 Å². The van der Waals surface area contributed by atoms with Crippen LogP contribution in [0.15, 0.2) is 36.8 Å². The van der Waals surface area contributed by atoms with E-state index in [1.54, 1.807) is 17.3 Å². The van der Waals surface area contributed by atoms with Crippen LogP contribution in [0.3, 0.4) is 0 Å². The summed E-state index contributed by atoms with van der Waals surface area (Å²) < 4.78 is 1.94. The molecule has 0 aliphatic carbocycles. The number of amides is 2. The van der Waals surface area contributed by atoms with E-state index in [0.29, 0.717) is 36.6 Å². The first-order valence-electron chi connectivity index (χ1n) is 9.57. The minimum absolute atomic E-state index is 0.0422. The molecule has 0 aromatic carbocycles. The molecule has 152 valence electrons. The predicted molar refractivity (Wildman–Crippen MR) is 110 cm³/mol. The average Bonchev–Trinajstić information content (AvgIpc) is 3.49. The minimum atomic E-state index is -0.240. The molecular weight excluding hydrogens is 402 g/mol. The van der Waals surface area contributed by atoms with Gasteiger partial charge in [0.05, 0.1) is 41.9 Å². The number of thiazole rings is 1. The molecule has 1 aliphatic rings. The number of nitrogens with zero attached hydrogens (tertiary/aromatic N) is 5. The van der Waals surface area contributed by atoms with Crippen LogP contribution in [0.5, 0.6) is 0 Å². The Balaban J connectivity index is 1.28. The first kappa shape index (κ1) is 18.5. The lowest BCUT2D eigenvalue weighted by atomic mass is 10.0. The first-order chi connectivity index (χ1) is 14.6. The van der Waals surface area contributed by atoms with E-state index in [0.717, 1.165) is 27.6 Å². The van der Waals surface area contributed by atoms with Crippen molar-refractivity contribution in [3.8, 4) is 0 Å². The molecule has 30 heavy (non-hydrogen) atoms. The standard InChI is InChI=1S/C20H19N7O2S/c1-12-21-10-16(30-12)20(29)26-7-5-14-15(11-26)24-25-18(14)19(28)23-9-13-8-22-17-4-2-3-6-27(13)17/h2-4,6,8,10H,5,7,9,11H2,1H3,(H,23,28)(H,24,25). The molecule has 0 fully saturated rings. The lowest BCUT2D eigenvalue weighted by molar-refractivity contribution is 0.0737. The zero-order valence-electron chi connectivity index (χ0n) is 16.3. The largest absolute Gasteiger partial charge is 0.345 e. The summed E-state index contributed by atoms with van der Waals surface area (Å²) in [4.78, 5) is 36.3. The number of aromatic amines is 1. The Morgan fingerprint density at radius 2 is 2.17 bits per heavy atom. The van der Waals surface area contributed by atoms with Crippen molar-refractivity contribution in [1.29, 1.82) is 0 Å². The normalized spacial score (nSPS) is 13.4. The topological polar surface area (TPSA) is 108 Å². The summed E-state index contributed by atoms with van der Waals surface area (Å²) in [6, 6.07) is 5.76. The molecule has 2 amide bonds. The van der Waals surface area contributed by atoms with Crippen molar-refractivity contribution >= 4 is 28.8 Å². The molecule has 0 saturated heterocycles. The zero-order chi connectivity index (χ0) is 20.7. The summed E-state index contributed by atoms with van der Waals surface area (Å²) in [6.45, 7) is 3.16. The van der Waals surface area contributed by atoms with E-state index in [1.807, 2.05) is 35.7 Å². The van der Waals surface area contributed by atoms with Gasteiger partial charge >= 0.3 is 0 Å². The van der Waals surface area contributed by atoms with E-state index in [1.165, 1.54) is 11.3 Å². The lowest BCUT2D eigenvalue weighted by Crippen LogP contribution is -2.36. The molecular formula is C20H19N7O2S. The molecule has 10 heteroatoms. The molecule has 5 heterocycles. The fraction of sp³-hybridized carbons (Fsp3) is 0.250. The van der Waals surface area contributed by atoms with Gasteiger partial charge in [-0.05, 0) is 25.5 Å². The fourth-order valence-corrected chi connectivity index (χ4v) is 4.41. The Labute approximate surface area is 175 Å². The van der Waals surface area contributed by atoms with Crippen molar-refractivity contribution in [2.45, 2.75) is 26.4 Å². The monoisotopic (exact) mass is 421 g/mol. The van der Waals surface area contributed by atoms with E-state index < -0.39 is 0 Å². The average molecular weight is 421 g/mol. The fourth-order valence-electron chi connectivity index (χ4n) is 3.67. The highest BCUT2D eigenvalue weighted by atomic mass is 32.1. The SMILES string of the molecule is Cc1ncc(C(=O)N2CCc3c(C(=O)NCc4cnc5ccccn45)n[nH]c3C2)s1. The van der Waals surface area contributed by atoms with Crippen LogP contribution in [0.1, 0.15) is 42.1 Å². The maximum absolute atomic E-state index is 12.7. The number of carbonyl (C=O) groups excluding carboxylic acids is 2. The van der Waals surface area contributed by atoms with Crippen LogP contribution in [-0.2, 0) is 19.5 Å². The number of hydrogen-bond donors (Lipinski definition) is 2. The van der Waals surface area contributed by atoms with Gasteiger partial charge in [0.2, 0.25) is 0 Å². The van der Waals surface area contributed by atoms with Gasteiger partial charge in [0, 0.05) is 18.3 Å². The van der Waals surface area contributed by atoms with Gasteiger partial charge in [0.25, 0.3) is 11.8 Å². The van der Waals surface area contributed by atoms with Gasteiger partial charge < -0.3 is 14.6 Å². The molecule has 1 aliphatic heterocycles. The van der Waals surface area contributed by atoms with E-state index in [2.05, 4.69) is 25.5 Å². The number of aryl methyl sites for hydroxylation is 1. The summed E-state index contributed by atoms with van der Waals surface area (Å²) in [5.74, 6) is -0.282. The zero-order valence-corrected chi connectivity index (χ0v) is 17.1. The van der Waals surface area contributed by atoms with Crippen molar-refractivity contribution in [3.05, 3.63) is 69.3 Å². The third-order valence-corrected chi connectivity index (χ3v) is 6.09. The van der Waals surface area contributed by atoms with Crippen LogP contribution in [0, 0.1) is 6.92 Å². The second-order valence-corrected chi connectivity index (χ2v) is 8.35. The van der Waals surface area contributed by atoms with Crippen LogP contribution < -0.4 is 5.32 Å². The van der Waals surface area contributed by atoms with Gasteiger partial charge in [0.1, 0.15) is 10.5 Å².